The van der Waals surface area contributed by atoms with E-state index in [9.17, 15) is 43.2 Å². The summed E-state index contributed by atoms with van der Waals surface area (Å²) in [5.41, 5.74) is 0. The van der Waals surface area contributed by atoms with E-state index in [1.165, 1.54) is 257 Å². The number of esters is 4. The maximum atomic E-state index is 13.1. The van der Waals surface area contributed by atoms with Crippen LogP contribution in [0.3, 0.4) is 0 Å². The Labute approximate surface area is 626 Å². The average molecular weight is 1490 g/mol. The molecule has 0 fully saturated rings. The summed E-state index contributed by atoms with van der Waals surface area (Å²) in [7, 11) is -9.92. The summed E-state index contributed by atoms with van der Waals surface area (Å²) < 4.78 is 68.8. The van der Waals surface area contributed by atoms with Crippen LogP contribution in [0.2, 0.25) is 0 Å². The minimum absolute atomic E-state index is 0.108. The molecule has 0 heterocycles. The van der Waals surface area contributed by atoms with Crippen molar-refractivity contribution >= 4 is 39.5 Å². The van der Waals surface area contributed by atoms with Gasteiger partial charge in [-0.2, -0.15) is 0 Å². The number of hydrogen-bond acceptors (Lipinski definition) is 15. The van der Waals surface area contributed by atoms with Crippen LogP contribution < -0.4 is 0 Å². The Bertz CT molecular complexity index is 1960. The summed E-state index contributed by atoms with van der Waals surface area (Å²) in [6.45, 7) is 9.70. The third-order valence-electron chi connectivity index (χ3n) is 19.8. The maximum absolute atomic E-state index is 13.1. The molecule has 0 saturated heterocycles. The molecular formula is C83H162O17P2. The van der Waals surface area contributed by atoms with E-state index in [0.29, 0.717) is 25.7 Å². The van der Waals surface area contributed by atoms with Crippen molar-refractivity contribution in [2.24, 2.45) is 11.8 Å². The van der Waals surface area contributed by atoms with E-state index in [4.69, 9.17) is 37.0 Å². The first-order valence-corrected chi connectivity index (χ1v) is 46.0. The fourth-order valence-electron chi connectivity index (χ4n) is 12.9. The van der Waals surface area contributed by atoms with Crippen molar-refractivity contribution in [2.75, 3.05) is 39.6 Å². The zero-order chi connectivity index (χ0) is 74.9. The van der Waals surface area contributed by atoms with Crippen LogP contribution in [0.4, 0.5) is 0 Å². The molecule has 0 amide bonds. The molecule has 17 nitrogen and oxygen atoms in total. The molecule has 3 unspecified atom stereocenters. The van der Waals surface area contributed by atoms with Crippen LogP contribution in [0, 0.1) is 11.8 Å². The molecule has 102 heavy (non-hydrogen) atoms. The lowest BCUT2D eigenvalue weighted by molar-refractivity contribution is -0.161. The number of carbonyl (C=O) groups excluding carboxylic acids is 4. The highest BCUT2D eigenvalue weighted by Crippen LogP contribution is 2.45. The van der Waals surface area contributed by atoms with E-state index in [-0.39, 0.29) is 25.7 Å². The van der Waals surface area contributed by atoms with Gasteiger partial charge in [-0.1, -0.05) is 388 Å². The van der Waals surface area contributed by atoms with Gasteiger partial charge in [-0.3, -0.25) is 37.3 Å². The van der Waals surface area contributed by atoms with E-state index in [1.807, 2.05) is 0 Å². The van der Waals surface area contributed by atoms with Crippen LogP contribution >= 0.6 is 15.6 Å². The Balaban J connectivity index is 5.27. The minimum atomic E-state index is -4.96. The van der Waals surface area contributed by atoms with E-state index >= 15 is 0 Å². The predicted octanol–water partition coefficient (Wildman–Crippen LogP) is 25.1. The molecule has 0 aliphatic rings. The van der Waals surface area contributed by atoms with Crippen molar-refractivity contribution in [1.82, 2.24) is 0 Å². The molecule has 0 aromatic carbocycles. The number of unbranched alkanes of at least 4 members (excludes halogenated alkanes) is 51. The standard InChI is InChI=1S/C83H162O17P2/c1-7-10-12-14-16-18-20-22-24-26-31-35-41-47-53-59-65-80(85)93-71-78(99-83(88)68-62-56-50-43-37-33-29-28-30-34-40-46-52-58-64-76(6)9-3)73-97-101(89,90)95-69-77(84)70-96-102(91,92)98-74-79(72-94-81(86)66-60-54-48-44-38-39-45-51-57-63-75(4)5)100-82(87)67-61-55-49-42-36-32-27-25-23-21-19-17-15-13-11-8-2/h75-79,84H,7-74H2,1-6H3,(H,89,90)(H,91,92)/t76?,77-,78-,79-/m1/s1. The van der Waals surface area contributed by atoms with Gasteiger partial charge < -0.3 is 33.8 Å². The largest absolute Gasteiger partial charge is 0.472 e. The number of aliphatic hydroxyl groups excluding tert-OH is 1. The Kier molecular flexibility index (Phi) is 73.1. The van der Waals surface area contributed by atoms with Crippen molar-refractivity contribution in [1.29, 1.82) is 0 Å². The van der Waals surface area contributed by atoms with Gasteiger partial charge in [0.15, 0.2) is 12.2 Å². The summed E-state index contributed by atoms with van der Waals surface area (Å²) in [6, 6.07) is 0. The Hall–Kier alpha value is -1.94. The van der Waals surface area contributed by atoms with Crippen molar-refractivity contribution in [3.8, 4) is 0 Å². The van der Waals surface area contributed by atoms with Gasteiger partial charge in [-0.05, 0) is 37.5 Å². The second kappa shape index (κ2) is 74.5. The lowest BCUT2D eigenvalue weighted by Gasteiger charge is -2.21. The number of phosphoric ester groups is 2. The first-order chi connectivity index (χ1) is 49.4. The molecule has 0 aromatic heterocycles. The summed E-state index contributed by atoms with van der Waals surface area (Å²) >= 11 is 0. The van der Waals surface area contributed by atoms with E-state index in [1.54, 1.807) is 0 Å². The molecule has 0 radical (unpaired) electrons. The van der Waals surface area contributed by atoms with Gasteiger partial charge in [-0.25, -0.2) is 9.13 Å². The van der Waals surface area contributed by atoms with Gasteiger partial charge in [0, 0.05) is 25.7 Å². The molecule has 3 N–H and O–H groups in total. The van der Waals surface area contributed by atoms with Crippen molar-refractivity contribution in [2.45, 2.75) is 458 Å². The van der Waals surface area contributed by atoms with Crippen molar-refractivity contribution < 1.29 is 80.2 Å². The van der Waals surface area contributed by atoms with E-state index in [0.717, 1.165) is 102 Å². The van der Waals surface area contributed by atoms with E-state index in [2.05, 4.69) is 41.5 Å². The number of carbonyl (C=O) groups is 4. The molecule has 606 valence electrons. The zero-order valence-corrected chi connectivity index (χ0v) is 68.7. The van der Waals surface area contributed by atoms with Gasteiger partial charge in [0.2, 0.25) is 0 Å². The average Bonchev–Trinajstić information content (AvgIpc) is 0.911. The molecule has 0 aromatic rings. The van der Waals surface area contributed by atoms with Crippen LogP contribution in [-0.4, -0.2) is 96.7 Å². The molecule has 19 heteroatoms. The monoisotopic (exact) mass is 1490 g/mol. The van der Waals surface area contributed by atoms with Crippen LogP contribution in [0.25, 0.3) is 0 Å². The van der Waals surface area contributed by atoms with Crippen molar-refractivity contribution in [3.05, 3.63) is 0 Å². The fraction of sp³-hybridized carbons (Fsp3) is 0.952. The highest BCUT2D eigenvalue weighted by Gasteiger charge is 2.30. The topological polar surface area (TPSA) is 237 Å². The Morgan fingerprint density at radius 1 is 0.284 bits per heavy atom. The Morgan fingerprint density at radius 2 is 0.500 bits per heavy atom. The normalized spacial score (nSPS) is 14.1. The minimum Gasteiger partial charge on any atom is -0.462 e. The third kappa shape index (κ3) is 74.9. The summed E-state index contributed by atoms with van der Waals surface area (Å²) in [5, 5.41) is 10.7. The van der Waals surface area contributed by atoms with Crippen LogP contribution in [0.5, 0.6) is 0 Å². The van der Waals surface area contributed by atoms with Gasteiger partial charge >= 0.3 is 39.5 Å². The van der Waals surface area contributed by atoms with Crippen LogP contribution in [-0.2, 0) is 65.4 Å². The van der Waals surface area contributed by atoms with Crippen LogP contribution in [0.15, 0.2) is 0 Å². The summed E-state index contributed by atoms with van der Waals surface area (Å²) in [4.78, 5) is 73.2. The van der Waals surface area contributed by atoms with Crippen molar-refractivity contribution in [3.63, 3.8) is 0 Å². The molecule has 0 aliphatic carbocycles. The van der Waals surface area contributed by atoms with Crippen LogP contribution in [0.1, 0.15) is 440 Å². The molecular weight excluding hydrogens is 1330 g/mol. The molecule has 0 bridgehead atoms. The number of ether oxygens (including phenoxy) is 4. The lowest BCUT2D eigenvalue weighted by atomic mass is 9.99. The van der Waals surface area contributed by atoms with Gasteiger partial charge in [-0.15, -0.1) is 0 Å². The summed E-state index contributed by atoms with van der Waals surface area (Å²) in [5.74, 6) is -0.514. The number of phosphoric acid groups is 2. The molecule has 6 atom stereocenters. The number of hydrogen-bond donors (Lipinski definition) is 3. The molecule has 0 saturated carbocycles. The highest BCUT2D eigenvalue weighted by molar-refractivity contribution is 7.47. The zero-order valence-electron chi connectivity index (χ0n) is 66.9. The first-order valence-electron chi connectivity index (χ1n) is 43.0. The first kappa shape index (κ1) is 100. The Morgan fingerprint density at radius 3 is 0.745 bits per heavy atom. The molecule has 0 rings (SSSR count). The van der Waals surface area contributed by atoms with Gasteiger partial charge in [0.1, 0.15) is 19.3 Å². The highest BCUT2D eigenvalue weighted by atomic mass is 31.2. The van der Waals surface area contributed by atoms with Gasteiger partial charge in [0.05, 0.1) is 26.4 Å². The SMILES string of the molecule is CCCCCCCCCCCCCCCCCCC(=O)OC[C@H](COP(=O)(O)OC[C@@H](O)COP(=O)(O)OC[C@@H](COC(=O)CCCCCCCCCCCC(C)C)OC(=O)CCCCCCCCCCCCCCCCCC)OC(=O)CCCCCCCCCCCCCCCCC(C)CC. The predicted molar refractivity (Wildman–Crippen MR) is 418 cm³/mol. The second-order valence-electron chi connectivity index (χ2n) is 30.6. The number of rotatable bonds is 82. The third-order valence-corrected chi connectivity index (χ3v) is 21.7. The second-order valence-corrected chi connectivity index (χ2v) is 33.5. The number of aliphatic hydroxyl groups is 1. The fourth-order valence-corrected chi connectivity index (χ4v) is 14.4. The molecule has 0 aliphatic heterocycles. The lowest BCUT2D eigenvalue weighted by Crippen LogP contribution is -2.30. The smallest absolute Gasteiger partial charge is 0.462 e. The summed E-state index contributed by atoms with van der Waals surface area (Å²) in [6.07, 6.45) is 65.0. The maximum Gasteiger partial charge on any atom is 0.472 e. The molecule has 0 spiro atoms. The quantitative estimate of drug-likeness (QED) is 0.0222. The van der Waals surface area contributed by atoms with Gasteiger partial charge in [0.25, 0.3) is 0 Å². The van der Waals surface area contributed by atoms with E-state index < -0.39 is 97.5 Å².